The Morgan fingerprint density at radius 3 is 2.55 bits per heavy atom. The summed E-state index contributed by atoms with van der Waals surface area (Å²) < 4.78 is 7.10. The highest BCUT2D eigenvalue weighted by molar-refractivity contribution is 6.08. The van der Waals surface area contributed by atoms with Crippen molar-refractivity contribution in [2.24, 2.45) is 0 Å². The predicted molar refractivity (Wildman–Crippen MR) is 124 cm³/mol. The van der Waals surface area contributed by atoms with Crippen molar-refractivity contribution < 1.29 is 9.53 Å². The number of nitrogens with two attached hydrogens (primary N) is 2. The molecule has 160 valence electrons. The van der Waals surface area contributed by atoms with Gasteiger partial charge in [0.15, 0.2) is 5.82 Å². The highest BCUT2D eigenvalue weighted by Gasteiger charge is 2.18. The molecule has 0 bridgehead atoms. The van der Waals surface area contributed by atoms with Gasteiger partial charge >= 0.3 is 5.97 Å². The number of aryl methyl sites for hydroxylation is 3. The number of esters is 1. The van der Waals surface area contributed by atoms with Gasteiger partial charge in [-0.05, 0) is 48.7 Å². The van der Waals surface area contributed by atoms with E-state index in [0.29, 0.717) is 22.4 Å². The summed E-state index contributed by atoms with van der Waals surface area (Å²) in [6, 6.07) is 13.3. The summed E-state index contributed by atoms with van der Waals surface area (Å²) in [7, 11) is 1.36. The molecule has 2 aromatic heterocycles. The van der Waals surface area contributed by atoms with Gasteiger partial charge in [-0.3, -0.25) is 0 Å². The Bertz CT molecular complexity index is 1240. The third-order valence-corrected chi connectivity index (χ3v) is 5.56. The summed E-state index contributed by atoms with van der Waals surface area (Å²) in [5, 5.41) is 0.921. The lowest BCUT2D eigenvalue weighted by atomic mass is 10.1. The number of rotatable bonds is 7. The van der Waals surface area contributed by atoms with Crippen LogP contribution in [0.15, 0.2) is 42.5 Å². The zero-order valence-corrected chi connectivity index (χ0v) is 17.9. The van der Waals surface area contributed by atoms with E-state index >= 15 is 0 Å². The Hall–Kier alpha value is -3.61. The van der Waals surface area contributed by atoms with Crippen molar-refractivity contribution in [2.75, 3.05) is 18.6 Å². The minimum atomic E-state index is -0.400. The van der Waals surface area contributed by atoms with Crippen molar-refractivity contribution in [3.05, 3.63) is 59.4 Å². The molecular weight excluding hydrogens is 390 g/mol. The summed E-state index contributed by atoms with van der Waals surface area (Å²) in [4.78, 5) is 21.4. The Morgan fingerprint density at radius 1 is 1.06 bits per heavy atom. The van der Waals surface area contributed by atoms with Crippen molar-refractivity contribution >= 4 is 39.4 Å². The molecule has 0 radical (unpaired) electrons. The number of hydrogen-bond acceptors (Lipinski definition) is 6. The van der Waals surface area contributed by atoms with Gasteiger partial charge in [0.1, 0.15) is 11.3 Å². The zero-order chi connectivity index (χ0) is 22.0. The molecular formula is C24H27N5O2. The summed E-state index contributed by atoms with van der Waals surface area (Å²) in [5.74, 6) is 0.974. The first-order valence-corrected chi connectivity index (χ1v) is 10.5. The van der Waals surface area contributed by atoms with Gasteiger partial charge in [-0.15, -0.1) is 0 Å². The van der Waals surface area contributed by atoms with E-state index in [0.717, 1.165) is 54.6 Å². The number of aromatic nitrogens is 3. The Morgan fingerprint density at radius 2 is 1.84 bits per heavy atom. The number of fused-ring (bicyclic) bond motifs is 3. The number of nitrogens with zero attached hydrogens (tertiary/aromatic N) is 3. The minimum Gasteiger partial charge on any atom is -0.465 e. The second-order valence-corrected chi connectivity index (χ2v) is 7.69. The first-order valence-electron chi connectivity index (χ1n) is 10.5. The van der Waals surface area contributed by atoms with Crippen LogP contribution in [0.5, 0.6) is 0 Å². The third kappa shape index (κ3) is 4.03. The van der Waals surface area contributed by atoms with Crippen LogP contribution in [0.4, 0.5) is 11.5 Å². The lowest BCUT2D eigenvalue weighted by Gasteiger charge is -2.12. The molecule has 0 spiro atoms. The van der Waals surface area contributed by atoms with E-state index in [2.05, 4.69) is 28.6 Å². The molecule has 0 unspecified atom stereocenters. The summed E-state index contributed by atoms with van der Waals surface area (Å²) in [6.45, 7) is 2.93. The fraction of sp³-hybridized carbons (Fsp3) is 0.292. The van der Waals surface area contributed by atoms with E-state index in [-0.39, 0.29) is 0 Å². The van der Waals surface area contributed by atoms with E-state index in [9.17, 15) is 4.79 Å². The molecule has 4 rings (SSSR count). The van der Waals surface area contributed by atoms with Crippen LogP contribution in [-0.2, 0) is 24.1 Å². The van der Waals surface area contributed by atoms with Crippen molar-refractivity contribution in [1.82, 2.24) is 14.5 Å². The van der Waals surface area contributed by atoms with Crippen molar-refractivity contribution in [3.8, 4) is 0 Å². The number of benzene rings is 2. The van der Waals surface area contributed by atoms with Crippen LogP contribution in [0, 0.1) is 0 Å². The first-order chi connectivity index (χ1) is 15.0. The molecule has 7 nitrogen and oxygen atoms in total. The van der Waals surface area contributed by atoms with Gasteiger partial charge in [0, 0.05) is 24.0 Å². The molecule has 0 amide bonds. The number of ether oxygens (including phenoxy) is 1. The van der Waals surface area contributed by atoms with E-state index in [1.165, 1.54) is 12.7 Å². The number of imidazole rings is 1. The molecule has 0 aliphatic rings. The predicted octanol–water partition coefficient (Wildman–Crippen LogP) is 4.12. The van der Waals surface area contributed by atoms with Crippen LogP contribution >= 0.6 is 0 Å². The lowest BCUT2D eigenvalue weighted by Crippen LogP contribution is -2.07. The Kier molecular flexibility index (Phi) is 5.75. The van der Waals surface area contributed by atoms with E-state index in [1.807, 2.05) is 18.2 Å². The van der Waals surface area contributed by atoms with E-state index in [4.69, 9.17) is 21.2 Å². The average Bonchev–Trinajstić information content (AvgIpc) is 3.15. The highest BCUT2D eigenvalue weighted by atomic mass is 16.5. The largest absolute Gasteiger partial charge is 0.465 e. The van der Waals surface area contributed by atoms with Crippen LogP contribution in [0.3, 0.4) is 0 Å². The first kappa shape index (κ1) is 20.7. The SMILES string of the molecule is CCCCc1nc2c(N)nc3cc(C(=O)OC)ccc3c2n1CCc1ccc(N)cc1. The van der Waals surface area contributed by atoms with Crippen molar-refractivity contribution in [1.29, 1.82) is 0 Å². The molecule has 0 saturated heterocycles. The van der Waals surface area contributed by atoms with Crippen molar-refractivity contribution in [2.45, 2.75) is 39.2 Å². The maximum Gasteiger partial charge on any atom is 0.337 e. The van der Waals surface area contributed by atoms with Gasteiger partial charge in [-0.25, -0.2) is 14.8 Å². The van der Waals surface area contributed by atoms with Crippen LogP contribution in [0.1, 0.15) is 41.5 Å². The molecule has 31 heavy (non-hydrogen) atoms. The molecule has 0 aliphatic carbocycles. The maximum absolute atomic E-state index is 12.0. The quantitative estimate of drug-likeness (QED) is 0.346. The molecule has 0 atom stereocenters. The second kappa shape index (κ2) is 8.63. The number of unbranched alkanes of at least 4 members (excludes halogenated alkanes) is 1. The molecule has 0 saturated carbocycles. The third-order valence-electron chi connectivity index (χ3n) is 5.56. The standard InChI is InChI=1S/C24H27N5O2/c1-3-4-5-20-28-21-22(29(20)13-12-15-6-9-17(25)10-7-15)18-11-8-16(24(30)31-2)14-19(18)27-23(21)26/h6-11,14H,3-5,12-13,25H2,1-2H3,(H2,26,27). The molecule has 7 heteroatoms. The molecule has 2 heterocycles. The van der Waals surface area contributed by atoms with Gasteiger partial charge in [0.2, 0.25) is 0 Å². The number of pyridine rings is 1. The van der Waals surface area contributed by atoms with E-state index in [1.54, 1.807) is 12.1 Å². The lowest BCUT2D eigenvalue weighted by molar-refractivity contribution is 0.0601. The molecule has 4 N–H and O–H groups in total. The smallest absolute Gasteiger partial charge is 0.337 e. The summed E-state index contributed by atoms with van der Waals surface area (Å²) in [5.41, 5.74) is 16.9. The van der Waals surface area contributed by atoms with Crippen LogP contribution in [0.25, 0.3) is 21.9 Å². The maximum atomic E-state index is 12.0. The summed E-state index contributed by atoms with van der Waals surface area (Å²) in [6.07, 6.45) is 3.84. The molecule has 2 aromatic carbocycles. The molecule has 4 aromatic rings. The van der Waals surface area contributed by atoms with E-state index < -0.39 is 5.97 Å². The number of methoxy groups -OCH3 is 1. The van der Waals surface area contributed by atoms with Gasteiger partial charge in [0.25, 0.3) is 0 Å². The second-order valence-electron chi connectivity index (χ2n) is 7.69. The van der Waals surface area contributed by atoms with Gasteiger partial charge < -0.3 is 20.8 Å². The van der Waals surface area contributed by atoms with Crippen LogP contribution < -0.4 is 11.5 Å². The topological polar surface area (TPSA) is 109 Å². The number of nitrogen functional groups attached to an aromatic ring is 2. The Balaban J connectivity index is 1.85. The summed E-state index contributed by atoms with van der Waals surface area (Å²) >= 11 is 0. The van der Waals surface area contributed by atoms with Gasteiger partial charge in [-0.2, -0.15) is 0 Å². The average molecular weight is 418 g/mol. The van der Waals surface area contributed by atoms with Crippen molar-refractivity contribution in [3.63, 3.8) is 0 Å². The highest BCUT2D eigenvalue weighted by Crippen LogP contribution is 2.30. The number of carbonyl (C=O) groups is 1. The van der Waals surface area contributed by atoms with Gasteiger partial charge in [0.05, 0.1) is 23.7 Å². The molecule has 0 fully saturated rings. The van der Waals surface area contributed by atoms with Gasteiger partial charge in [-0.1, -0.05) is 25.5 Å². The fourth-order valence-electron chi connectivity index (χ4n) is 3.89. The van der Waals surface area contributed by atoms with Crippen LogP contribution in [-0.4, -0.2) is 27.6 Å². The number of hydrogen-bond donors (Lipinski definition) is 2. The number of anilines is 2. The zero-order valence-electron chi connectivity index (χ0n) is 17.9. The van der Waals surface area contributed by atoms with Crippen LogP contribution in [0.2, 0.25) is 0 Å². The molecule has 0 aliphatic heterocycles. The minimum absolute atomic E-state index is 0.369. The normalized spacial score (nSPS) is 11.3. The monoisotopic (exact) mass is 417 g/mol. The Labute approximate surface area is 181 Å². The number of carbonyl (C=O) groups excluding carboxylic acids is 1. The fourth-order valence-corrected chi connectivity index (χ4v) is 3.89.